The first-order valence-corrected chi connectivity index (χ1v) is 17.0. The van der Waals surface area contributed by atoms with Gasteiger partial charge >= 0.3 is 11.9 Å². The molecule has 0 radical (unpaired) electrons. The fourth-order valence-corrected chi connectivity index (χ4v) is 4.87. The lowest BCUT2D eigenvalue weighted by atomic mass is 9.75. The molecule has 1 fully saturated rings. The molecule has 1 rings (SSSR count). The molecule has 0 aromatic heterocycles. The van der Waals surface area contributed by atoms with Crippen molar-refractivity contribution in [2.24, 2.45) is 22.7 Å². The molecule has 4 nitrogen and oxygen atoms in total. The highest BCUT2D eigenvalue weighted by Crippen LogP contribution is 2.38. The Labute approximate surface area is 236 Å². The van der Waals surface area contributed by atoms with Crippen molar-refractivity contribution in [3.63, 3.8) is 0 Å². The summed E-state index contributed by atoms with van der Waals surface area (Å²) < 4.78 is 11.1. The van der Waals surface area contributed by atoms with Crippen LogP contribution >= 0.6 is 0 Å². The van der Waals surface area contributed by atoms with Crippen molar-refractivity contribution in [1.82, 2.24) is 0 Å². The van der Waals surface area contributed by atoms with E-state index in [4.69, 9.17) is 9.47 Å². The molecule has 0 spiro atoms. The standard InChI is InChI=1S/C16H30O2.C12H26O2Si.4CH4/c1-7-15(3,4)14(17)18-16(5,6)13-10-8-12(2)9-11-13;1-7-12(2,3)11(13)14-9-8-10-15(4,5)6;;;;/h12-13H,7-11H2,1-6H3;7-10H2,1-6H3;4*1H4. The minimum Gasteiger partial charge on any atom is -0.465 e. The second-order valence-corrected chi connectivity index (χ2v) is 18.8. The summed E-state index contributed by atoms with van der Waals surface area (Å²) >= 11 is 0. The lowest BCUT2D eigenvalue weighted by molar-refractivity contribution is -0.174. The minimum atomic E-state index is -0.975. The number of hydrogen-bond donors (Lipinski definition) is 0. The lowest BCUT2D eigenvalue weighted by Crippen LogP contribution is -2.42. The highest BCUT2D eigenvalue weighted by molar-refractivity contribution is 6.76. The minimum absolute atomic E-state index is 0. The Hall–Kier alpha value is -0.843. The molecule has 0 aromatic rings. The lowest BCUT2D eigenvalue weighted by Gasteiger charge is -2.39. The van der Waals surface area contributed by atoms with Crippen molar-refractivity contribution < 1.29 is 19.1 Å². The molecule has 0 aromatic carbocycles. The van der Waals surface area contributed by atoms with E-state index in [1.807, 2.05) is 41.5 Å². The Kier molecular flexibility index (Phi) is 24.0. The molecule has 1 aliphatic rings. The van der Waals surface area contributed by atoms with E-state index in [1.54, 1.807) is 0 Å². The Morgan fingerprint density at radius 1 is 0.757 bits per heavy atom. The van der Waals surface area contributed by atoms with Crippen molar-refractivity contribution in [3.8, 4) is 0 Å². The van der Waals surface area contributed by atoms with Gasteiger partial charge in [-0.1, -0.05) is 89.0 Å². The highest BCUT2D eigenvalue weighted by Gasteiger charge is 2.38. The molecule has 0 unspecified atom stereocenters. The van der Waals surface area contributed by atoms with Gasteiger partial charge in [-0.2, -0.15) is 0 Å². The topological polar surface area (TPSA) is 52.6 Å². The number of esters is 2. The molecule has 0 amide bonds. The van der Waals surface area contributed by atoms with Gasteiger partial charge in [0.2, 0.25) is 0 Å². The van der Waals surface area contributed by atoms with Crippen molar-refractivity contribution in [2.45, 2.75) is 168 Å². The normalized spacial score (nSPS) is 17.7. The van der Waals surface area contributed by atoms with Gasteiger partial charge in [0.25, 0.3) is 0 Å². The van der Waals surface area contributed by atoms with Gasteiger partial charge in [0, 0.05) is 8.07 Å². The number of carbonyl (C=O) groups is 2. The predicted molar refractivity (Wildman–Crippen MR) is 170 cm³/mol. The van der Waals surface area contributed by atoms with Crippen molar-refractivity contribution >= 4 is 20.0 Å². The molecule has 5 heteroatoms. The second kappa shape index (κ2) is 19.3. The van der Waals surface area contributed by atoms with Crippen LogP contribution in [0.4, 0.5) is 0 Å². The van der Waals surface area contributed by atoms with Crippen LogP contribution in [0, 0.1) is 22.7 Å². The van der Waals surface area contributed by atoms with Crippen LogP contribution in [0.5, 0.6) is 0 Å². The van der Waals surface area contributed by atoms with Crippen LogP contribution in [0.3, 0.4) is 0 Å². The van der Waals surface area contributed by atoms with E-state index in [9.17, 15) is 9.59 Å². The first-order chi connectivity index (χ1) is 14.9. The Morgan fingerprint density at radius 3 is 1.54 bits per heavy atom. The van der Waals surface area contributed by atoms with E-state index >= 15 is 0 Å². The zero-order valence-corrected chi connectivity index (χ0v) is 25.2. The maximum Gasteiger partial charge on any atom is 0.312 e. The molecular formula is C32H72O4Si. The molecule has 0 bridgehead atoms. The SMILES string of the molecule is C.C.C.C.CCC(C)(C)C(=O)OC(C)(C)C1CCC(C)CC1.CCC(C)(C)C(=O)OCCC[Si](C)(C)C. The van der Waals surface area contributed by atoms with E-state index < -0.39 is 8.07 Å². The monoisotopic (exact) mass is 549 g/mol. The number of hydrogen-bond acceptors (Lipinski definition) is 4. The summed E-state index contributed by atoms with van der Waals surface area (Å²) in [5.74, 6) is 1.25. The highest BCUT2D eigenvalue weighted by atomic mass is 28.3. The second-order valence-electron chi connectivity index (χ2n) is 13.2. The molecule has 0 N–H and O–H groups in total. The van der Waals surface area contributed by atoms with Crippen molar-refractivity contribution in [1.29, 1.82) is 0 Å². The summed E-state index contributed by atoms with van der Waals surface area (Å²) in [4.78, 5) is 23.8. The van der Waals surface area contributed by atoms with E-state index in [0.29, 0.717) is 12.5 Å². The van der Waals surface area contributed by atoms with Crippen molar-refractivity contribution in [3.05, 3.63) is 0 Å². The average molecular weight is 549 g/mol. The molecule has 228 valence electrons. The third-order valence-corrected chi connectivity index (χ3v) is 9.39. The first kappa shape index (κ1) is 46.0. The molecule has 1 aliphatic carbocycles. The van der Waals surface area contributed by atoms with Crippen LogP contribution in [-0.2, 0) is 19.1 Å². The number of carbonyl (C=O) groups excluding carboxylic acids is 2. The van der Waals surface area contributed by atoms with Crippen LogP contribution in [0.15, 0.2) is 0 Å². The Bertz CT molecular complexity index is 594. The van der Waals surface area contributed by atoms with Gasteiger partial charge in [-0.15, -0.1) is 0 Å². The van der Waals surface area contributed by atoms with Gasteiger partial charge < -0.3 is 9.47 Å². The van der Waals surface area contributed by atoms with Gasteiger partial charge in [-0.25, -0.2) is 0 Å². The maximum absolute atomic E-state index is 12.2. The summed E-state index contributed by atoms with van der Waals surface area (Å²) in [6, 6.07) is 1.23. The molecule has 37 heavy (non-hydrogen) atoms. The van der Waals surface area contributed by atoms with Gasteiger partial charge in [0.1, 0.15) is 5.60 Å². The van der Waals surface area contributed by atoms with Crippen molar-refractivity contribution in [2.75, 3.05) is 6.61 Å². The summed E-state index contributed by atoms with van der Waals surface area (Å²) in [7, 11) is -0.975. The maximum atomic E-state index is 12.2. The van der Waals surface area contributed by atoms with Crippen LogP contribution in [0.2, 0.25) is 25.7 Å². The van der Waals surface area contributed by atoms with Crippen LogP contribution in [0.25, 0.3) is 0 Å². The molecule has 0 atom stereocenters. The third kappa shape index (κ3) is 18.1. The summed E-state index contributed by atoms with van der Waals surface area (Å²) in [6.45, 7) is 25.9. The zero-order valence-electron chi connectivity index (χ0n) is 24.2. The molecular weight excluding hydrogens is 476 g/mol. The quantitative estimate of drug-likeness (QED) is 0.155. The van der Waals surface area contributed by atoms with Crippen LogP contribution in [0.1, 0.15) is 137 Å². The number of ether oxygens (including phenoxy) is 2. The molecule has 0 saturated heterocycles. The van der Waals surface area contributed by atoms with Gasteiger partial charge in [0.05, 0.1) is 17.4 Å². The summed E-state index contributed by atoms with van der Waals surface area (Å²) in [5.41, 5.74) is -0.998. The molecule has 1 saturated carbocycles. The fraction of sp³-hybridized carbons (Fsp3) is 0.938. The van der Waals surface area contributed by atoms with E-state index in [1.165, 1.54) is 31.7 Å². The largest absolute Gasteiger partial charge is 0.465 e. The summed E-state index contributed by atoms with van der Waals surface area (Å²) in [5, 5.41) is 0. The van der Waals surface area contributed by atoms with Gasteiger partial charge in [0.15, 0.2) is 0 Å². The van der Waals surface area contributed by atoms with E-state index in [0.717, 1.165) is 25.2 Å². The average Bonchev–Trinajstić information content (AvgIpc) is 2.70. The first-order valence-electron chi connectivity index (χ1n) is 13.3. The van der Waals surface area contributed by atoms with Gasteiger partial charge in [-0.3, -0.25) is 9.59 Å². The van der Waals surface area contributed by atoms with Crippen LogP contribution in [-0.4, -0.2) is 32.2 Å². The fourth-order valence-electron chi connectivity index (χ4n) is 3.67. The van der Waals surface area contributed by atoms with E-state index in [-0.39, 0.29) is 58.1 Å². The van der Waals surface area contributed by atoms with Crippen LogP contribution < -0.4 is 0 Å². The number of rotatable bonds is 10. The van der Waals surface area contributed by atoms with E-state index in [2.05, 4.69) is 40.4 Å². The third-order valence-electron chi connectivity index (χ3n) is 7.53. The smallest absolute Gasteiger partial charge is 0.312 e. The van der Waals surface area contributed by atoms with Gasteiger partial charge in [-0.05, 0) is 85.5 Å². The zero-order chi connectivity index (χ0) is 26.1. The Morgan fingerprint density at radius 2 is 1.16 bits per heavy atom. The predicted octanol–water partition coefficient (Wildman–Crippen LogP) is 10.8. The molecule has 0 heterocycles. The Balaban J connectivity index is -0.000000169. The molecule has 0 aliphatic heterocycles. The summed E-state index contributed by atoms with van der Waals surface area (Å²) in [6.07, 6.45) is 7.58.